The van der Waals surface area contributed by atoms with Crippen LogP contribution in [0, 0.1) is 17.3 Å². The second kappa shape index (κ2) is 2.59. The smallest absolute Gasteiger partial charge is 0.136 e. The van der Waals surface area contributed by atoms with Crippen LogP contribution in [0.15, 0.2) is 0 Å². The lowest BCUT2D eigenvalue weighted by atomic mass is 9.61. The average molecular weight is 178 g/mol. The first-order valence-corrected chi connectivity index (χ1v) is 5.83. The van der Waals surface area contributed by atoms with Gasteiger partial charge in [0.2, 0.25) is 0 Å². The lowest BCUT2D eigenvalue weighted by Gasteiger charge is -2.44. The van der Waals surface area contributed by atoms with Crippen LogP contribution in [0.1, 0.15) is 51.4 Å². The number of rotatable bonds is 0. The molecule has 3 aliphatic carbocycles. The Kier molecular flexibility index (Phi) is 1.59. The average Bonchev–Trinajstić information content (AvgIpc) is 2.38. The van der Waals surface area contributed by atoms with Gasteiger partial charge in [0.25, 0.3) is 0 Å². The van der Waals surface area contributed by atoms with Crippen molar-refractivity contribution in [2.45, 2.75) is 51.4 Å². The molecule has 1 heteroatoms. The second-order valence-corrected chi connectivity index (χ2v) is 5.43. The van der Waals surface area contributed by atoms with Crippen molar-refractivity contribution in [1.82, 2.24) is 0 Å². The van der Waals surface area contributed by atoms with E-state index in [1.165, 1.54) is 44.9 Å². The summed E-state index contributed by atoms with van der Waals surface area (Å²) in [6.07, 6.45) is 10.4. The summed E-state index contributed by atoms with van der Waals surface area (Å²) in [7, 11) is 0. The zero-order valence-electron chi connectivity index (χ0n) is 8.22. The van der Waals surface area contributed by atoms with Gasteiger partial charge < -0.3 is 0 Å². The van der Waals surface area contributed by atoms with E-state index in [2.05, 4.69) is 0 Å². The number of ketones is 1. The van der Waals surface area contributed by atoms with Crippen molar-refractivity contribution in [3.8, 4) is 0 Å². The Bertz CT molecular complexity index is 246. The molecular weight excluding hydrogens is 160 g/mol. The quantitative estimate of drug-likeness (QED) is 0.557. The van der Waals surface area contributed by atoms with Gasteiger partial charge in [-0.25, -0.2) is 0 Å². The number of carbonyl (C=O) groups excluding carboxylic acids is 1. The fraction of sp³-hybridized carbons (Fsp3) is 0.917. The summed E-state index contributed by atoms with van der Waals surface area (Å²) >= 11 is 0. The summed E-state index contributed by atoms with van der Waals surface area (Å²) in [5.41, 5.74) is 0.512. The molecule has 3 rings (SSSR count). The third-order valence-corrected chi connectivity index (χ3v) is 4.84. The van der Waals surface area contributed by atoms with Crippen LogP contribution < -0.4 is 0 Å². The van der Waals surface area contributed by atoms with Gasteiger partial charge in [-0.3, -0.25) is 4.79 Å². The maximum absolute atomic E-state index is 11.7. The highest BCUT2D eigenvalue weighted by Gasteiger charge is 2.52. The summed E-state index contributed by atoms with van der Waals surface area (Å²) in [4.78, 5) is 11.7. The molecule has 0 N–H and O–H groups in total. The first-order chi connectivity index (χ1) is 6.30. The van der Waals surface area contributed by atoms with Crippen molar-refractivity contribution >= 4 is 5.78 Å². The number of carbonyl (C=O) groups is 1. The van der Waals surface area contributed by atoms with Crippen LogP contribution in [0.4, 0.5) is 0 Å². The molecule has 0 saturated heterocycles. The highest BCUT2D eigenvalue weighted by atomic mass is 16.1. The van der Waals surface area contributed by atoms with Crippen LogP contribution in [0.2, 0.25) is 0 Å². The summed E-state index contributed by atoms with van der Waals surface area (Å²) in [6.45, 7) is 0. The SMILES string of the molecule is O=C1CC23CCCCC2CCC1C3. The van der Waals surface area contributed by atoms with Crippen LogP contribution in [-0.4, -0.2) is 5.78 Å². The lowest BCUT2D eigenvalue weighted by Crippen LogP contribution is -2.34. The largest absolute Gasteiger partial charge is 0.299 e. The summed E-state index contributed by atoms with van der Waals surface area (Å²) in [6, 6.07) is 0. The number of Topliss-reactive ketones (excluding diaryl/α,β-unsaturated/α-hetero) is 1. The van der Waals surface area contributed by atoms with Crippen LogP contribution >= 0.6 is 0 Å². The van der Waals surface area contributed by atoms with Gasteiger partial charge in [-0.15, -0.1) is 0 Å². The molecule has 13 heavy (non-hydrogen) atoms. The minimum absolute atomic E-state index is 0.481. The van der Waals surface area contributed by atoms with E-state index < -0.39 is 0 Å². The van der Waals surface area contributed by atoms with Gasteiger partial charge in [0.15, 0.2) is 0 Å². The molecule has 0 aromatic heterocycles. The Morgan fingerprint density at radius 3 is 3.00 bits per heavy atom. The van der Waals surface area contributed by atoms with Crippen molar-refractivity contribution in [2.24, 2.45) is 17.3 Å². The predicted molar refractivity (Wildman–Crippen MR) is 51.4 cm³/mol. The Morgan fingerprint density at radius 1 is 1.15 bits per heavy atom. The van der Waals surface area contributed by atoms with Crippen molar-refractivity contribution in [3.63, 3.8) is 0 Å². The van der Waals surface area contributed by atoms with E-state index in [1.54, 1.807) is 0 Å². The predicted octanol–water partition coefficient (Wildman–Crippen LogP) is 2.94. The molecule has 72 valence electrons. The highest BCUT2D eigenvalue weighted by Crippen LogP contribution is 2.58. The standard InChI is InChI=1S/C12H18O/c13-11-8-12-6-2-1-3-10(12)5-4-9(11)7-12/h9-10H,1-8H2. The number of hydrogen-bond donors (Lipinski definition) is 0. The summed E-state index contributed by atoms with van der Waals surface area (Å²) < 4.78 is 0. The Morgan fingerprint density at radius 2 is 2.08 bits per heavy atom. The summed E-state index contributed by atoms with van der Waals surface area (Å²) in [5, 5.41) is 0. The maximum Gasteiger partial charge on any atom is 0.136 e. The van der Waals surface area contributed by atoms with Crippen molar-refractivity contribution < 1.29 is 4.79 Å². The third kappa shape index (κ3) is 1.02. The molecule has 0 radical (unpaired) electrons. The molecule has 3 saturated carbocycles. The van der Waals surface area contributed by atoms with Gasteiger partial charge in [0, 0.05) is 12.3 Å². The molecule has 3 fully saturated rings. The molecule has 1 nitrogen and oxygen atoms in total. The first-order valence-electron chi connectivity index (χ1n) is 5.83. The van der Waals surface area contributed by atoms with Gasteiger partial charge in [0.05, 0.1) is 0 Å². The minimum Gasteiger partial charge on any atom is -0.299 e. The van der Waals surface area contributed by atoms with E-state index in [9.17, 15) is 4.79 Å². The molecule has 0 aromatic rings. The van der Waals surface area contributed by atoms with E-state index in [0.29, 0.717) is 17.1 Å². The van der Waals surface area contributed by atoms with Crippen molar-refractivity contribution in [1.29, 1.82) is 0 Å². The Balaban J connectivity index is 1.93. The molecule has 3 unspecified atom stereocenters. The molecule has 0 amide bonds. The van der Waals surface area contributed by atoms with Gasteiger partial charge in [-0.05, 0) is 43.4 Å². The van der Waals surface area contributed by atoms with Gasteiger partial charge in [-0.1, -0.05) is 12.8 Å². The van der Waals surface area contributed by atoms with Crippen LogP contribution in [0.5, 0.6) is 0 Å². The molecule has 2 bridgehead atoms. The fourth-order valence-corrected chi connectivity index (χ4v) is 4.16. The van der Waals surface area contributed by atoms with E-state index >= 15 is 0 Å². The first kappa shape index (κ1) is 8.02. The molecule has 3 atom stereocenters. The number of fused-ring (bicyclic) bond motifs is 1. The zero-order valence-corrected chi connectivity index (χ0v) is 8.22. The maximum atomic E-state index is 11.7. The Labute approximate surface area is 79.9 Å². The van der Waals surface area contributed by atoms with E-state index in [-0.39, 0.29) is 0 Å². The lowest BCUT2D eigenvalue weighted by molar-refractivity contribution is -0.120. The minimum atomic E-state index is 0.481. The van der Waals surface area contributed by atoms with E-state index in [1.807, 2.05) is 0 Å². The molecular formula is C12H18O. The molecule has 0 heterocycles. The normalized spacial score (nSPS) is 49.1. The van der Waals surface area contributed by atoms with Crippen molar-refractivity contribution in [2.75, 3.05) is 0 Å². The Hall–Kier alpha value is -0.330. The van der Waals surface area contributed by atoms with E-state index in [4.69, 9.17) is 0 Å². The monoisotopic (exact) mass is 178 g/mol. The van der Waals surface area contributed by atoms with Gasteiger partial charge in [-0.2, -0.15) is 0 Å². The van der Waals surface area contributed by atoms with Crippen LogP contribution in [-0.2, 0) is 4.79 Å². The molecule has 0 aromatic carbocycles. The molecule has 0 aliphatic heterocycles. The number of hydrogen-bond acceptors (Lipinski definition) is 1. The van der Waals surface area contributed by atoms with Crippen LogP contribution in [0.3, 0.4) is 0 Å². The van der Waals surface area contributed by atoms with Gasteiger partial charge in [0.1, 0.15) is 5.78 Å². The summed E-state index contributed by atoms with van der Waals surface area (Å²) in [5.74, 6) is 2.00. The van der Waals surface area contributed by atoms with E-state index in [0.717, 1.165) is 12.3 Å². The molecule has 3 aliphatic rings. The van der Waals surface area contributed by atoms with Gasteiger partial charge >= 0.3 is 0 Å². The second-order valence-electron chi connectivity index (χ2n) is 5.43. The topological polar surface area (TPSA) is 17.1 Å². The van der Waals surface area contributed by atoms with Crippen LogP contribution in [0.25, 0.3) is 0 Å². The molecule has 1 spiro atoms. The third-order valence-electron chi connectivity index (χ3n) is 4.84. The highest BCUT2D eigenvalue weighted by molar-refractivity contribution is 5.84. The van der Waals surface area contributed by atoms with Crippen molar-refractivity contribution in [3.05, 3.63) is 0 Å². The fourth-order valence-electron chi connectivity index (χ4n) is 4.16. The zero-order chi connectivity index (χ0) is 8.89.